The van der Waals surface area contributed by atoms with E-state index in [-0.39, 0.29) is 11.7 Å². The topological polar surface area (TPSA) is 39.2 Å². The maximum Gasteiger partial charge on any atom is 0.179 e. The lowest BCUT2D eigenvalue weighted by molar-refractivity contribution is 0.0464. The SMILES string of the molecule is O=C(c1cncs1)C1CCCOC1. The first-order valence-corrected chi connectivity index (χ1v) is 5.26. The molecule has 1 aromatic heterocycles. The van der Waals surface area contributed by atoms with Crippen LogP contribution in [0, 0.1) is 5.92 Å². The number of hydrogen-bond donors (Lipinski definition) is 0. The predicted molar refractivity (Wildman–Crippen MR) is 50.0 cm³/mol. The fraction of sp³-hybridized carbons (Fsp3) is 0.556. The van der Waals surface area contributed by atoms with Crippen LogP contribution in [0.3, 0.4) is 0 Å². The number of rotatable bonds is 2. The fourth-order valence-corrected chi connectivity index (χ4v) is 2.13. The molecule has 70 valence electrons. The highest BCUT2D eigenvalue weighted by molar-refractivity contribution is 7.11. The lowest BCUT2D eigenvalue weighted by Crippen LogP contribution is -2.24. The molecule has 0 bridgehead atoms. The fourth-order valence-electron chi connectivity index (χ4n) is 1.49. The van der Waals surface area contributed by atoms with Crippen molar-refractivity contribution in [3.05, 3.63) is 16.6 Å². The molecule has 1 saturated heterocycles. The van der Waals surface area contributed by atoms with Crippen molar-refractivity contribution in [2.45, 2.75) is 12.8 Å². The van der Waals surface area contributed by atoms with Crippen LogP contribution in [0.4, 0.5) is 0 Å². The van der Waals surface area contributed by atoms with Crippen LogP contribution in [-0.2, 0) is 4.74 Å². The van der Waals surface area contributed by atoms with Crippen molar-refractivity contribution >= 4 is 17.1 Å². The van der Waals surface area contributed by atoms with Gasteiger partial charge in [-0.25, -0.2) is 0 Å². The number of aromatic nitrogens is 1. The zero-order chi connectivity index (χ0) is 9.10. The number of carbonyl (C=O) groups is 1. The van der Waals surface area contributed by atoms with E-state index in [2.05, 4.69) is 4.98 Å². The van der Waals surface area contributed by atoms with Gasteiger partial charge in [0, 0.05) is 18.7 Å². The van der Waals surface area contributed by atoms with Crippen LogP contribution in [0.1, 0.15) is 22.5 Å². The maximum absolute atomic E-state index is 11.8. The Labute approximate surface area is 80.8 Å². The van der Waals surface area contributed by atoms with E-state index >= 15 is 0 Å². The van der Waals surface area contributed by atoms with Gasteiger partial charge in [-0.1, -0.05) is 0 Å². The molecule has 0 radical (unpaired) electrons. The molecular formula is C9H11NO2S. The minimum absolute atomic E-state index is 0.0641. The monoisotopic (exact) mass is 197 g/mol. The number of nitrogens with zero attached hydrogens (tertiary/aromatic N) is 1. The highest BCUT2D eigenvalue weighted by atomic mass is 32.1. The molecule has 13 heavy (non-hydrogen) atoms. The van der Waals surface area contributed by atoms with E-state index in [4.69, 9.17) is 4.74 Å². The Kier molecular flexibility index (Phi) is 2.71. The van der Waals surface area contributed by atoms with E-state index < -0.39 is 0 Å². The summed E-state index contributed by atoms with van der Waals surface area (Å²) in [7, 11) is 0. The van der Waals surface area contributed by atoms with Crippen LogP contribution in [-0.4, -0.2) is 24.0 Å². The summed E-state index contributed by atoms with van der Waals surface area (Å²) >= 11 is 1.41. The Bertz CT molecular complexity index is 278. The minimum Gasteiger partial charge on any atom is -0.381 e. The van der Waals surface area contributed by atoms with Crippen molar-refractivity contribution in [2.75, 3.05) is 13.2 Å². The lowest BCUT2D eigenvalue weighted by Gasteiger charge is -2.19. The molecule has 0 amide bonds. The first-order valence-electron chi connectivity index (χ1n) is 4.38. The maximum atomic E-state index is 11.8. The van der Waals surface area contributed by atoms with Gasteiger partial charge in [-0.3, -0.25) is 9.78 Å². The van der Waals surface area contributed by atoms with E-state index in [9.17, 15) is 4.79 Å². The third kappa shape index (κ3) is 1.95. The summed E-state index contributed by atoms with van der Waals surface area (Å²) in [5.41, 5.74) is 1.69. The Hall–Kier alpha value is -0.740. The smallest absolute Gasteiger partial charge is 0.179 e. The summed E-state index contributed by atoms with van der Waals surface area (Å²) in [4.78, 5) is 16.4. The van der Waals surface area contributed by atoms with Crippen LogP contribution in [0.2, 0.25) is 0 Å². The molecule has 1 aromatic rings. The van der Waals surface area contributed by atoms with E-state index in [0.29, 0.717) is 6.61 Å². The van der Waals surface area contributed by atoms with Crippen molar-refractivity contribution in [1.29, 1.82) is 0 Å². The first kappa shape index (κ1) is 8.84. The lowest BCUT2D eigenvalue weighted by atomic mass is 9.97. The number of Topliss-reactive ketones (excluding diaryl/α,β-unsaturated/α-hetero) is 1. The molecular weight excluding hydrogens is 186 g/mol. The van der Waals surface area contributed by atoms with Gasteiger partial charge in [0.25, 0.3) is 0 Å². The Morgan fingerprint density at radius 1 is 1.69 bits per heavy atom. The molecule has 1 aliphatic rings. The van der Waals surface area contributed by atoms with Crippen LogP contribution in [0.5, 0.6) is 0 Å². The van der Waals surface area contributed by atoms with E-state index in [1.54, 1.807) is 11.7 Å². The predicted octanol–water partition coefficient (Wildman–Crippen LogP) is 1.75. The standard InChI is InChI=1S/C9H11NO2S/c11-9(8-4-10-6-13-8)7-2-1-3-12-5-7/h4,6-7H,1-3,5H2. The van der Waals surface area contributed by atoms with Gasteiger partial charge in [0.05, 0.1) is 17.0 Å². The Morgan fingerprint density at radius 2 is 2.62 bits per heavy atom. The third-order valence-electron chi connectivity index (χ3n) is 2.21. The number of thiazole rings is 1. The van der Waals surface area contributed by atoms with Crippen molar-refractivity contribution in [3.8, 4) is 0 Å². The molecule has 1 aliphatic heterocycles. The van der Waals surface area contributed by atoms with Gasteiger partial charge in [0.1, 0.15) is 0 Å². The molecule has 2 heterocycles. The second-order valence-electron chi connectivity index (χ2n) is 3.14. The number of ether oxygens (including phenoxy) is 1. The van der Waals surface area contributed by atoms with Gasteiger partial charge in [0.15, 0.2) is 5.78 Å². The van der Waals surface area contributed by atoms with Crippen molar-refractivity contribution in [2.24, 2.45) is 5.92 Å². The molecule has 1 atom stereocenters. The van der Waals surface area contributed by atoms with Gasteiger partial charge >= 0.3 is 0 Å². The van der Waals surface area contributed by atoms with Crippen LogP contribution >= 0.6 is 11.3 Å². The molecule has 4 heteroatoms. The minimum atomic E-state index is 0.0641. The summed E-state index contributed by atoms with van der Waals surface area (Å²) in [5, 5.41) is 0. The van der Waals surface area contributed by atoms with Crippen molar-refractivity contribution in [3.63, 3.8) is 0 Å². The Balaban J connectivity index is 2.04. The summed E-state index contributed by atoms with van der Waals surface area (Å²) in [5.74, 6) is 0.261. The van der Waals surface area contributed by atoms with Crippen LogP contribution in [0.15, 0.2) is 11.7 Å². The molecule has 0 aromatic carbocycles. The van der Waals surface area contributed by atoms with Crippen LogP contribution in [0.25, 0.3) is 0 Å². The quantitative estimate of drug-likeness (QED) is 0.678. The highest BCUT2D eigenvalue weighted by Crippen LogP contribution is 2.20. The van der Waals surface area contributed by atoms with Gasteiger partial charge in [0.2, 0.25) is 0 Å². The van der Waals surface area contributed by atoms with Gasteiger partial charge in [-0.05, 0) is 12.8 Å². The number of ketones is 1. The van der Waals surface area contributed by atoms with E-state index in [1.807, 2.05) is 0 Å². The largest absolute Gasteiger partial charge is 0.381 e. The average molecular weight is 197 g/mol. The van der Waals surface area contributed by atoms with Crippen molar-refractivity contribution < 1.29 is 9.53 Å². The van der Waals surface area contributed by atoms with Gasteiger partial charge in [-0.2, -0.15) is 0 Å². The normalized spacial score (nSPS) is 22.9. The highest BCUT2D eigenvalue weighted by Gasteiger charge is 2.23. The number of carbonyl (C=O) groups excluding carboxylic acids is 1. The summed E-state index contributed by atoms with van der Waals surface area (Å²) in [6.45, 7) is 1.38. The molecule has 0 aliphatic carbocycles. The second kappa shape index (κ2) is 3.98. The summed E-state index contributed by atoms with van der Waals surface area (Å²) in [6.07, 6.45) is 3.59. The molecule has 3 nitrogen and oxygen atoms in total. The number of hydrogen-bond acceptors (Lipinski definition) is 4. The van der Waals surface area contributed by atoms with Gasteiger partial charge in [-0.15, -0.1) is 11.3 Å². The van der Waals surface area contributed by atoms with Crippen molar-refractivity contribution in [1.82, 2.24) is 4.98 Å². The second-order valence-corrected chi connectivity index (χ2v) is 4.03. The zero-order valence-electron chi connectivity index (χ0n) is 7.23. The first-order chi connectivity index (χ1) is 6.38. The molecule has 0 spiro atoms. The van der Waals surface area contributed by atoms with Crippen LogP contribution < -0.4 is 0 Å². The van der Waals surface area contributed by atoms with E-state index in [0.717, 1.165) is 24.3 Å². The molecule has 0 saturated carbocycles. The Morgan fingerprint density at radius 3 is 3.23 bits per heavy atom. The zero-order valence-corrected chi connectivity index (χ0v) is 8.05. The van der Waals surface area contributed by atoms with E-state index in [1.165, 1.54) is 11.3 Å². The summed E-state index contributed by atoms with van der Waals surface area (Å²) < 4.78 is 5.26. The molecule has 2 rings (SSSR count). The average Bonchev–Trinajstić information content (AvgIpc) is 2.71. The summed E-state index contributed by atoms with van der Waals surface area (Å²) in [6, 6.07) is 0. The molecule has 1 unspecified atom stereocenters. The molecule has 0 N–H and O–H groups in total. The molecule has 1 fully saturated rings. The van der Waals surface area contributed by atoms with Gasteiger partial charge < -0.3 is 4.74 Å². The third-order valence-corrected chi connectivity index (χ3v) is 2.99.